The molecule has 5 rings (SSSR count). The van der Waals surface area contributed by atoms with Crippen LogP contribution in [0.2, 0.25) is 0 Å². The summed E-state index contributed by atoms with van der Waals surface area (Å²) in [7, 11) is 0. The van der Waals surface area contributed by atoms with E-state index in [9.17, 15) is 9.18 Å². The number of carbonyl (C=O) groups excluding carboxylic acids is 1. The number of ether oxygens (including phenoxy) is 1. The van der Waals surface area contributed by atoms with Crippen LogP contribution in [0.3, 0.4) is 0 Å². The zero-order valence-electron chi connectivity index (χ0n) is 19.5. The number of aromatic nitrogens is 2. The molecule has 1 amide bonds. The van der Waals surface area contributed by atoms with Crippen molar-refractivity contribution < 1.29 is 13.9 Å². The van der Waals surface area contributed by atoms with Gasteiger partial charge in [-0.3, -0.25) is 4.79 Å². The lowest BCUT2D eigenvalue weighted by molar-refractivity contribution is -0.136. The van der Waals surface area contributed by atoms with Crippen LogP contribution in [0.25, 0.3) is 11.0 Å². The molecule has 0 radical (unpaired) electrons. The van der Waals surface area contributed by atoms with E-state index in [1.165, 1.54) is 12.1 Å². The van der Waals surface area contributed by atoms with Crippen LogP contribution >= 0.6 is 0 Å². The van der Waals surface area contributed by atoms with Crippen molar-refractivity contribution in [3.63, 3.8) is 0 Å². The lowest BCUT2D eigenvalue weighted by Gasteiger charge is -2.40. The molecule has 3 heterocycles. The van der Waals surface area contributed by atoms with Gasteiger partial charge >= 0.3 is 0 Å². The molecular formula is C26H30FN5O2. The van der Waals surface area contributed by atoms with Crippen molar-refractivity contribution in [2.24, 2.45) is 5.92 Å². The summed E-state index contributed by atoms with van der Waals surface area (Å²) in [6.45, 7) is 6.74. The molecule has 2 aliphatic rings. The Morgan fingerprint density at radius 3 is 2.38 bits per heavy atom. The van der Waals surface area contributed by atoms with Gasteiger partial charge in [0.25, 0.3) is 5.88 Å². The number of anilines is 2. The molecule has 3 aromatic rings. The van der Waals surface area contributed by atoms with Crippen LogP contribution in [-0.4, -0.2) is 66.7 Å². The number of nitrogens with zero attached hydrogens (tertiary/aromatic N) is 5. The third-order valence-electron chi connectivity index (χ3n) is 6.66. The number of piperidine rings is 1. The molecule has 178 valence electrons. The van der Waals surface area contributed by atoms with Gasteiger partial charge in [-0.2, -0.15) is 0 Å². The van der Waals surface area contributed by atoms with Crippen molar-refractivity contribution in [2.75, 3.05) is 55.7 Å². The number of piperazine rings is 1. The molecular weight excluding hydrogens is 433 g/mol. The number of amides is 1. The van der Waals surface area contributed by atoms with Gasteiger partial charge in [-0.15, -0.1) is 0 Å². The van der Waals surface area contributed by atoms with Crippen LogP contribution in [-0.2, 0) is 4.79 Å². The third kappa shape index (κ3) is 4.62. The molecule has 0 bridgehead atoms. The summed E-state index contributed by atoms with van der Waals surface area (Å²) >= 11 is 0. The standard InChI is InChI=1S/C26H30FN5O2/c1-2-34-25-24(28-22-7-3-4-8-23(22)29-25)32-13-5-6-19(18-32)26(33)31-16-14-30(15-17-31)21-11-9-20(27)10-12-21/h3-4,7-12,19H,2,5-6,13-18H2,1H3. The van der Waals surface area contributed by atoms with E-state index in [0.717, 1.165) is 55.0 Å². The molecule has 8 heteroatoms. The highest BCUT2D eigenvalue weighted by Gasteiger charge is 2.33. The quantitative estimate of drug-likeness (QED) is 0.575. The molecule has 7 nitrogen and oxygen atoms in total. The molecule has 2 aliphatic heterocycles. The minimum absolute atomic E-state index is 0.0751. The van der Waals surface area contributed by atoms with Crippen LogP contribution < -0.4 is 14.5 Å². The fraction of sp³-hybridized carbons (Fsp3) is 0.423. The number of fused-ring (bicyclic) bond motifs is 1. The molecule has 0 spiro atoms. The number of hydrogen-bond acceptors (Lipinski definition) is 6. The van der Waals surface area contributed by atoms with Crippen molar-refractivity contribution in [2.45, 2.75) is 19.8 Å². The number of halogens is 1. The Balaban J connectivity index is 1.27. The number of carbonyl (C=O) groups is 1. The monoisotopic (exact) mass is 463 g/mol. The predicted molar refractivity (Wildman–Crippen MR) is 131 cm³/mol. The van der Waals surface area contributed by atoms with Crippen molar-refractivity contribution >= 4 is 28.4 Å². The van der Waals surface area contributed by atoms with E-state index in [1.807, 2.05) is 36.1 Å². The molecule has 2 fully saturated rings. The Labute approximate surface area is 199 Å². The van der Waals surface area contributed by atoms with Crippen LogP contribution in [0, 0.1) is 11.7 Å². The Bertz CT molecular complexity index is 1150. The van der Waals surface area contributed by atoms with Crippen molar-refractivity contribution in [1.82, 2.24) is 14.9 Å². The average Bonchev–Trinajstić information content (AvgIpc) is 2.89. The van der Waals surface area contributed by atoms with Crippen molar-refractivity contribution in [3.8, 4) is 5.88 Å². The maximum Gasteiger partial charge on any atom is 0.258 e. The van der Waals surface area contributed by atoms with Crippen molar-refractivity contribution in [1.29, 1.82) is 0 Å². The van der Waals surface area contributed by atoms with Gasteiger partial charge in [0, 0.05) is 45.0 Å². The number of hydrogen-bond donors (Lipinski definition) is 0. The Kier molecular flexibility index (Phi) is 6.47. The number of rotatable bonds is 5. The topological polar surface area (TPSA) is 61.8 Å². The summed E-state index contributed by atoms with van der Waals surface area (Å²) in [5.41, 5.74) is 2.63. The van der Waals surface area contributed by atoms with E-state index in [4.69, 9.17) is 14.7 Å². The summed E-state index contributed by atoms with van der Waals surface area (Å²) in [4.78, 5) is 29.3. The lowest BCUT2D eigenvalue weighted by atomic mass is 9.96. The van der Waals surface area contributed by atoms with Gasteiger partial charge in [-0.25, -0.2) is 14.4 Å². The zero-order chi connectivity index (χ0) is 23.5. The highest BCUT2D eigenvalue weighted by atomic mass is 19.1. The molecule has 1 atom stereocenters. The summed E-state index contributed by atoms with van der Waals surface area (Å²) in [5, 5.41) is 0. The molecule has 1 unspecified atom stereocenters. The van der Waals surface area contributed by atoms with Gasteiger partial charge in [0.15, 0.2) is 5.82 Å². The van der Waals surface area contributed by atoms with Gasteiger partial charge in [-0.05, 0) is 56.2 Å². The smallest absolute Gasteiger partial charge is 0.258 e. The predicted octanol–water partition coefficient (Wildman–Crippen LogP) is 3.73. The fourth-order valence-corrected chi connectivity index (χ4v) is 4.88. The van der Waals surface area contributed by atoms with Gasteiger partial charge in [0.05, 0.1) is 23.6 Å². The second-order valence-electron chi connectivity index (χ2n) is 8.85. The average molecular weight is 464 g/mol. The first-order valence-corrected chi connectivity index (χ1v) is 12.1. The van der Waals surface area contributed by atoms with E-state index < -0.39 is 0 Å². The minimum atomic E-state index is -0.233. The first kappa shape index (κ1) is 22.4. The van der Waals surface area contributed by atoms with Gasteiger partial charge < -0.3 is 19.4 Å². The van der Waals surface area contributed by atoms with E-state index in [0.29, 0.717) is 32.1 Å². The SMILES string of the molecule is CCOc1nc2ccccc2nc1N1CCCC(C(=O)N2CCN(c3ccc(F)cc3)CC2)C1. The summed E-state index contributed by atoms with van der Waals surface area (Å²) < 4.78 is 19.1. The minimum Gasteiger partial charge on any atom is -0.475 e. The van der Waals surface area contributed by atoms with E-state index in [-0.39, 0.29) is 17.6 Å². The largest absolute Gasteiger partial charge is 0.475 e. The first-order valence-electron chi connectivity index (χ1n) is 12.1. The van der Waals surface area contributed by atoms with Gasteiger partial charge in [0.2, 0.25) is 5.91 Å². The van der Waals surface area contributed by atoms with Crippen LogP contribution in [0.1, 0.15) is 19.8 Å². The Morgan fingerprint density at radius 1 is 0.971 bits per heavy atom. The fourth-order valence-electron chi connectivity index (χ4n) is 4.88. The number of benzene rings is 2. The van der Waals surface area contributed by atoms with Gasteiger partial charge in [0.1, 0.15) is 5.82 Å². The molecule has 34 heavy (non-hydrogen) atoms. The first-order chi connectivity index (χ1) is 16.6. The zero-order valence-corrected chi connectivity index (χ0v) is 19.5. The van der Waals surface area contributed by atoms with Gasteiger partial charge in [-0.1, -0.05) is 12.1 Å². The number of para-hydroxylation sites is 2. The van der Waals surface area contributed by atoms with Crippen molar-refractivity contribution in [3.05, 3.63) is 54.3 Å². The molecule has 0 N–H and O–H groups in total. The summed E-state index contributed by atoms with van der Waals surface area (Å²) in [6, 6.07) is 14.3. The van der Waals surface area contributed by atoms with E-state index in [2.05, 4.69) is 9.80 Å². The summed E-state index contributed by atoms with van der Waals surface area (Å²) in [5.74, 6) is 1.15. The van der Waals surface area contributed by atoms with Crippen LogP contribution in [0.5, 0.6) is 5.88 Å². The lowest BCUT2D eigenvalue weighted by Crippen LogP contribution is -2.52. The van der Waals surface area contributed by atoms with E-state index >= 15 is 0 Å². The molecule has 0 aliphatic carbocycles. The molecule has 1 aromatic heterocycles. The summed E-state index contributed by atoms with van der Waals surface area (Å²) in [6.07, 6.45) is 1.80. The second-order valence-corrected chi connectivity index (χ2v) is 8.85. The molecule has 2 aromatic carbocycles. The Hall–Kier alpha value is -3.42. The van der Waals surface area contributed by atoms with E-state index in [1.54, 1.807) is 12.1 Å². The maximum atomic E-state index is 13.4. The second kappa shape index (κ2) is 9.83. The third-order valence-corrected chi connectivity index (χ3v) is 6.66. The van der Waals surface area contributed by atoms with Crippen LogP contribution in [0.4, 0.5) is 15.9 Å². The highest BCUT2D eigenvalue weighted by Crippen LogP contribution is 2.31. The van der Waals surface area contributed by atoms with Crippen LogP contribution in [0.15, 0.2) is 48.5 Å². The normalized spacial score (nSPS) is 18.9. The Morgan fingerprint density at radius 2 is 1.68 bits per heavy atom. The maximum absolute atomic E-state index is 13.4. The molecule has 0 saturated carbocycles. The molecule has 2 saturated heterocycles. The highest BCUT2D eigenvalue weighted by molar-refractivity contribution is 5.81.